The van der Waals surface area contributed by atoms with E-state index in [0.29, 0.717) is 0 Å². The number of benzene rings is 1. The lowest BCUT2D eigenvalue weighted by Crippen LogP contribution is -1.83. The van der Waals surface area contributed by atoms with E-state index in [-0.39, 0.29) is 0 Å². The Morgan fingerprint density at radius 1 is 1.25 bits per heavy atom. The molecule has 1 aromatic carbocycles. The zero-order valence-corrected chi connectivity index (χ0v) is 7.21. The van der Waals surface area contributed by atoms with Crippen molar-refractivity contribution in [3.05, 3.63) is 35.8 Å². The van der Waals surface area contributed by atoms with Crippen LogP contribution in [0.15, 0.2) is 35.8 Å². The zero-order chi connectivity index (χ0) is 8.39. The highest BCUT2D eigenvalue weighted by Gasteiger charge is 1.97. The third-order valence-electron chi connectivity index (χ3n) is 1.65. The van der Waals surface area contributed by atoms with Gasteiger partial charge in [-0.15, -0.1) is 0 Å². The van der Waals surface area contributed by atoms with Crippen LogP contribution in [0.2, 0.25) is 0 Å². The molecule has 0 spiro atoms. The van der Waals surface area contributed by atoms with Crippen molar-refractivity contribution >= 4 is 17.2 Å². The van der Waals surface area contributed by atoms with Gasteiger partial charge in [-0.1, -0.05) is 12.1 Å². The molecule has 1 heterocycles. The molecule has 0 bridgehead atoms. The van der Waals surface area contributed by atoms with E-state index in [1.54, 1.807) is 0 Å². The smallest absolute Gasteiger partial charge is 0.0485 e. The molecule has 60 valence electrons. The van der Waals surface area contributed by atoms with Gasteiger partial charge in [0.05, 0.1) is 0 Å². The fourth-order valence-electron chi connectivity index (χ4n) is 1.07. The predicted molar refractivity (Wildman–Crippen MR) is 52.0 cm³/mol. The van der Waals surface area contributed by atoms with Crippen LogP contribution in [0.1, 0.15) is 0 Å². The molecule has 2 aromatic rings. The second-order valence-corrected chi connectivity index (χ2v) is 3.20. The quantitative estimate of drug-likeness (QED) is 0.677. The van der Waals surface area contributed by atoms with Gasteiger partial charge in [0.15, 0.2) is 0 Å². The molecule has 2 nitrogen and oxygen atoms in total. The third kappa shape index (κ3) is 1.31. The van der Waals surface area contributed by atoms with Gasteiger partial charge in [0, 0.05) is 22.8 Å². The molecule has 0 fully saturated rings. The molecule has 0 atom stereocenters. The lowest BCUT2D eigenvalue weighted by Gasteiger charge is -1.97. The molecular formula is C9H8N2S. The zero-order valence-electron chi connectivity index (χ0n) is 6.40. The van der Waals surface area contributed by atoms with Gasteiger partial charge in [-0.3, -0.25) is 0 Å². The lowest BCUT2D eigenvalue weighted by molar-refractivity contribution is 1.56. The van der Waals surface area contributed by atoms with Crippen molar-refractivity contribution in [3.8, 4) is 11.1 Å². The van der Waals surface area contributed by atoms with Crippen molar-refractivity contribution in [2.75, 3.05) is 5.73 Å². The van der Waals surface area contributed by atoms with Crippen LogP contribution in [0.3, 0.4) is 0 Å². The molecule has 0 saturated carbocycles. The molecule has 0 aliphatic carbocycles. The Morgan fingerprint density at radius 2 is 2.17 bits per heavy atom. The van der Waals surface area contributed by atoms with Crippen molar-refractivity contribution in [1.29, 1.82) is 0 Å². The van der Waals surface area contributed by atoms with Gasteiger partial charge in [-0.25, -0.2) is 4.37 Å². The van der Waals surface area contributed by atoms with E-state index in [9.17, 15) is 0 Å². The molecule has 0 aliphatic heterocycles. The summed E-state index contributed by atoms with van der Waals surface area (Å²) in [6.07, 6.45) is 1.85. The monoisotopic (exact) mass is 176 g/mol. The molecular weight excluding hydrogens is 168 g/mol. The maximum atomic E-state index is 5.65. The summed E-state index contributed by atoms with van der Waals surface area (Å²) in [6, 6.07) is 7.80. The van der Waals surface area contributed by atoms with Crippen molar-refractivity contribution in [2.24, 2.45) is 0 Å². The van der Waals surface area contributed by atoms with Crippen LogP contribution >= 0.6 is 11.5 Å². The van der Waals surface area contributed by atoms with Gasteiger partial charge in [0.25, 0.3) is 0 Å². The normalized spacial score (nSPS) is 10.0. The predicted octanol–water partition coefficient (Wildman–Crippen LogP) is 2.39. The molecule has 3 heteroatoms. The Kier molecular flexibility index (Phi) is 1.80. The third-order valence-corrected chi connectivity index (χ3v) is 2.24. The van der Waals surface area contributed by atoms with Crippen molar-refractivity contribution in [2.45, 2.75) is 0 Å². The van der Waals surface area contributed by atoms with Crippen LogP contribution < -0.4 is 5.73 Å². The van der Waals surface area contributed by atoms with Crippen LogP contribution in [0, 0.1) is 0 Å². The van der Waals surface area contributed by atoms with E-state index >= 15 is 0 Å². The van der Waals surface area contributed by atoms with Gasteiger partial charge in [0.2, 0.25) is 0 Å². The molecule has 0 aliphatic rings. The summed E-state index contributed by atoms with van der Waals surface area (Å²) < 4.78 is 4.03. The van der Waals surface area contributed by atoms with Gasteiger partial charge < -0.3 is 5.73 Å². The number of hydrogen-bond donors (Lipinski definition) is 1. The number of rotatable bonds is 1. The maximum Gasteiger partial charge on any atom is 0.0485 e. The van der Waals surface area contributed by atoms with E-state index < -0.39 is 0 Å². The maximum absolute atomic E-state index is 5.65. The first-order valence-electron chi connectivity index (χ1n) is 3.61. The topological polar surface area (TPSA) is 38.9 Å². The minimum Gasteiger partial charge on any atom is -0.399 e. The van der Waals surface area contributed by atoms with E-state index in [1.165, 1.54) is 11.5 Å². The highest BCUT2D eigenvalue weighted by atomic mass is 32.1. The largest absolute Gasteiger partial charge is 0.399 e. The Hall–Kier alpha value is -1.35. The number of hydrogen-bond acceptors (Lipinski definition) is 3. The van der Waals surface area contributed by atoms with E-state index in [4.69, 9.17) is 5.73 Å². The van der Waals surface area contributed by atoms with Crippen molar-refractivity contribution in [3.63, 3.8) is 0 Å². The molecule has 0 radical (unpaired) electrons. The Balaban J connectivity index is 2.48. The lowest BCUT2D eigenvalue weighted by atomic mass is 10.1. The molecule has 0 saturated heterocycles. The standard InChI is InChI=1S/C9H8N2S/c10-9-3-1-2-7(4-9)8-5-11-12-6-8/h1-6H,10H2. The summed E-state index contributed by atoms with van der Waals surface area (Å²) >= 11 is 1.45. The summed E-state index contributed by atoms with van der Waals surface area (Å²) in [5.41, 5.74) is 8.70. The molecule has 12 heavy (non-hydrogen) atoms. The highest BCUT2D eigenvalue weighted by molar-refractivity contribution is 7.03. The van der Waals surface area contributed by atoms with E-state index in [1.807, 2.05) is 35.8 Å². The van der Waals surface area contributed by atoms with Gasteiger partial charge >= 0.3 is 0 Å². The fourth-order valence-corrected chi connectivity index (χ4v) is 1.61. The Morgan fingerprint density at radius 3 is 2.83 bits per heavy atom. The Labute approximate surface area is 74.8 Å². The van der Waals surface area contributed by atoms with Crippen LogP contribution in [0.5, 0.6) is 0 Å². The molecule has 0 unspecified atom stereocenters. The van der Waals surface area contributed by atoms with Gasteiger partial charge in [-0.2, -0.15) is 0 Å². The van der Waals surface area contributed by atoms with E-state index in [0.717, 1.165) is 16.8 Å². The summed E-state index contributed by atoms with van der Waals surface area (Å²) in [7, 11) is 0. The molecule has 2 N–H and O–H groups in total. The Bertz CT molecular complexity index is 368. The average Bonchev–Trinajstić information content (AvgIpc) is 2.56. The van der Waals surface area contributed by atoms with E-state index in [2.05, 4.69) is 4.37 Å². The number of nitrogens with two attached hydrogens (primary N) is 1. The van der Waals surface area contributed by atoms with Crippen molar-refractivity contribution < 1.29 is 0 Å². The number of anilines is 1. The second-order valence-electron chi connectivity index (χ2n) is 2.54. The molecule has 1 aromatic heterocycles. The van der Waals surface area contributed by atoms with Gasteiger partial charge in [0.1, 0.15) is 0 Å². The summed E-state index contributed by atoms with van der Waals surface area (Å²) in [5, 5.41) is 2.01. The summed E-state index contributed by atoms with van der Waals surface area (Å²) in [5.74, 6) is 0. The molecule has 0 amide bonds. The van der Waals surface area contributed by atoms with Crippen LogP contribution in [-0.4, -0.2) is 4.37 Å². The number of nitrogens with zero attached hydrogens (tertiary/aromatic N) is 1. The van der Waals surface area contributed by atoms with Gasteiger partial charge in [-0.05, 0) is 29.2 Å². The minimum atomic E-state index is 0.790. The van der Waals surface area contributed by atoms with Crippen LogP contribution in [0.25, 0.3) is 11.1 Å². The highest BCUT2D eigenvalue weighted by Crippen LogP contribution is 2.21. The number of aromatic nitrogens is 1. The van der Waals surface area contributed by atoms with Crippen molar-refractivity contribution in [1.82, 2.24) is 4.37 Å². The van der Waals surface area contributed by atoms with Crippen LogP contribution in [0.4, 0.5) is 5.69 Å². The first kappa shape index (κ1) is 7.31. The second kappa shape index (κ2) is 2.95. The average molecular weight is 176 g/mol. The first-order valence-corrected chi connectivity index (χ1v) is 4.45. The molecule has 2 rings (SSSR count). The number of nitrogen functional groups attached to an aromatic ring is 1. The summed E-state index contributed by atoms with van der Waals surface area (Å²) in [6.45, 7) is 0. The first-order chi connectivity index (χ1) is 5.86. The summed E-state index contributed by atoms with van der Waals surface area (Å²) in [4.78, 5) is 0. The SMILES string of the molecule is Nc1cccc(-c2cnsc2)c1. The van der Waals surface area contributed by atoms with Crippen LogP contribution in [-0.2, 0) is 0 Å². The fraction of sp³-hybridized carbons (Fsp3) is 0. The minimum absolute atomic E-state index is 0.790.